The molecule has 0 fully saturated rings. The minimum Gasteiger partial charge on any atom is -0.394 e. The van der Waals surface area contributed by atoms with Crippen LogP contribution in [0.25, 0.3) is 0 Å². The first-order valence-electron chi connectivity index (χ1n) is 6.58. The molecule has 108 valence electrons. The molecule has 0 spiro atoms. The van der Waals surface area contributed by atoms with E-state index in [4.69, 9.17) is 16.7 Å². The fraction of sp³-hybridized carbons (Fsp3) is 0.692. The number of nitrogens with zero attached hydrogens (tertiary/aromatic N) is 2. The number of anilines is 1. The maximum absolute atomic E-state index is 11.8. The zero-order chi connectivity index (χ0) is 14.4. The highest BCUT2D eigenvalue weighted by Gasteiger charge is 2.11. The third-order valence-corrected chi connectivity index (χ3v) is 3.24. The van der Waals surface area contributed by atoms with Crippen LogP contribution >= 0.6 is 11.6 Å². The van der Waals surface area contributed by atoms with Crippen LogP contribution in [-0.4, -0.2) is 27.5 Å². The van der Waals surface area contributed by atoms with Gasteiger partial charge in [0, 0.05) is 6.04 Å². The first-order chi connectivity index (χ1) is 8.95. The van der Waals surface area contributed by atoms with Gasteiger partial charge in [0.15, 0.2) is 0 Å². The molecule has 19 heavy (non-hydrogen) atoms. The van der Waals surface area contributed by atoms with Gasteiger partial charge in [-0.25, -0.2) is 4.68 Å². The van der Waals surface area contributed by atoms with Crippen molar-refractivity contribution in [3.8, 4) is 0 Å². The molecule has 0 amide bonds. The highest BCUT2D eigenvalue weighted by atomic mass is 35.5. The van der Waals surface area contributed by atoms with E-state index in [0.717, 1.165) is 17.5 Å². The fourth-order valence-electron chi connectivity index (χ4n) is 1.74. The van der Waals surface area contributed by atoms with Gasteiger partial charge >= 0.3 is 0 Å². The van der Waals surface area contributed by atoms with E-state index in [2.05, 4.69) is 31.2 Å². The summed E-state index contributed by atoms with van der Waals surface area (Å²) in [5.41, 5.74) is 0.175. The Labute approximate surface area is 118 Å². The number of hydrogen-bond acceptors (Lipinski definition) is 4. The molecule has 1 unspecified atom stereocenters. The molecule has 0 aliphatic heterocycles. The molecule has 0 saturated heterocycles. The number of aromatic nitrogens is 2. The Hall–Kier alpha value is -1.07. The van der Waals surface area contributed by atoms with E-state index in [9.17, 15) is 4.79 Å². The molecule has 0 bridgehead atoms. The van der Waals surface area contributed by atoms with Gasteiger partial charge < -0.3 is 10.4 Å². The standard InChI is InChI=1S/C13H22ClN3O2/c1-9(2)4-5-10(3)16-11-8-15-17(6-7-18)13(19)12(11)14/h8-10,16,18H,4-7H2,1-3H3. The molecule has 0 aliphatic rings. The van der Waals surface area contributed by atoms with Crippen molar-refractivity contribution in [2.24, 2.45) is 5.92 Å². The van der Waals surface area contributed by atoms with E-state index in [1.165, 1.54) is 6.20 Å². The summed E-state index contributed by atoms with van der Waals surface area (Å²) in [5, 5.41) is 16.1. The van der Waals surface area contributed by atoms with Crippen molar-refractivity contribution in [2.45, 2.75) is 46.2 Å². The van der Waals surface area contributed by atoms with Gasteiger partial charge in [0.25, 0.3) is 5.56 Å². The lowest BCUT2D eigenvalue weighted by Gasteiger charge is -2.17. The minimum atomic E-state index is -0.378. The van der Waals surface area contributed by atoms with E-state index in [1.54, 1.807) is 0 Å². The van der Waals surface area contributed by atoms with Crippen molar-refractivity contribution in [3.63, 3.8) is 0 Å². The summed E-state index contributed by atoms with van der Waals surface area (Å²) in [6.45, 7) is 6.43. The molecule has 2 N–H and O–H groups in total. The van der Waals surface area contributed by atoms with Crippen molar-refractivity contribution in [1.82, 2.24) is 9.78 Å². The van der Waals surface area contributed by atoms with E-state index < -0.39 is 0 Å². The molecule has 6 heteroatoms. The second-order valence-electron chi connectivity index (χ2n) is 5.14. The predicted molar refractivity (Wildman–Crippen MR) is 77.7 cm³/mol. The van der Waals surface area contributed by atoms with Gasteiger partial charge in [0.1, 0.15) is 5.02 Å². The summed E-state index contributed by atoms with van der Waals surface area (Å²) in [6, 6.07) is 0.231. The van der Waals surface area contributed by atoms with Crippen molar-refractivity contribution in [2.75, 3.05) is 11.9 Å². The summed E-state index contributed by atoms with van der Waals surface area (Å²) in [6.07, 6.45) is 3.65. The Balaban J connectivity index is 2.74. The monoisotopic (exact) mass is 287 g/mol. The second-order valence-corrected chi connectivity index (χ2v) is 5.52. The third kappa shape index (κ3) is 4.84. The Morgan fingerprint density at radius 1 is 1.42 bits per heavy atom. The molecular formula is C13H22ClN3O2. The summed E-state index contributed by atoms with van der Waals surface area (Å²) in [7, 11) is 0. The summed E-state index contributed by atoms with van der Waals surface area (Å²) >= 11 is 6.02. The molecule has 5 nitrogen and oxygen atoms in total. The quantitative estimate of drug-likeness (QED) is 0.806. The van der Waals surface area contributed by atoms with Gasteiger partial charge in [-0.2, -0.15) is 5.10 Å². The minimum absolute atomic E-state index is 0.125. The average molecular weight is 288 g/mol. The number of rotatable bonds is 7. The first kappa shape index (κ1) is 16.0. The second kappa shape index (κ2) is 7.50. The normalized spacial score (nSPS) is 12.7. The van der Waals surface area contributed by atoms with Crippen LogP contribution < -0.4 is 10.9 Å². The van der Waals surface area contributed by atoms with Gasteiger partial charge in [-0.3, -0.25) is 4.79 Å². The summed E-state index contributed by atoms with van der Waals surface area (Å²) < 4.78 is 1.16. The molecule has 1 aromatic heterocycles. The van der Waals surface area contributed by atoms with Crippen LogP contribution in [0.5, 0.6) is 0 Å². The zero-order valence-corrected chi connectivity index (χ0v) is 12.4. The predicted octanol–water partition coefficient (Wildman–Crippen LogP) is 2.13. The molecule has 0 aromatic carbocycles. The van der Waals surface area contributed by atoms with E-state index in [1.807, 2.05) is 0 Å². The fourth-order valence-corrected chi connectivity index (χ4v) is 1.94. The number of hydrogen-bond donors (Lipinski definition) is 2. The van der Waals surface area contributed by atoms with Gasteiger partial charge in [-0.05, 0) is 25.7 Å². The number of aliphatic hydroxyl groups is 1. The van der Waals surface area contributed by atoms with Crippen LogP contribution in [0.1, 0.15) is 33.6 Å². The van der Waals surface area contributed by atoms with Crippen LogP contribution in [0, 0.1) is 5.92 Å². The van der Waals surface area contributed by atoms with Crippen LogP contribution in [0.3, 0.4) is 0 Å². The molecule has 1 rings (SSSR count). The van der Waals surface area contributed by atoms with Crippen LogP contribution in [-0.2, 0) is 6.54 Å². The van der Waals surface area contributed by atoms with Crippen molar-refractivity contribution < 1.29 is 5.11 Å². The summed E-state index contributed by atoms with van der Waals surface area (Å²) in [4.78, 5) is 11.8. The lowest BCUT2D eigenvalue weighted by molar-refractivity contribution is 0.266. The molecule has 1 aromatic rings. The van der Waals surface area contributed by atoms with Gasteiger partial charge in [0.05, 0.1) is 25.0 Å². The van der Waals surface area contributed by atoms with Crippen molar-refractivity contribution >= 4 is 17.3 Å². The largest absolute Gasteiger partial charge is 0.394 e. The Morgan fingerprint density at radius 3 is 2.68 bits per heavy atom. The third-order valence-electron chi connectivity index (χ3n) is 2.88. The van der Waals surface area contributed by atoms with E-state index in [0.29, 0.717) is 11.6 Å². The number of aliphatic hydroxyl groups excluding tert-OH is 1. The van der Waals surface area contributed by atoms with Gasteiger partial charge in [-0.1, -0.05) is 25.4 Å². The summed E-state index contributed by atoms with van der Waals surface area (Å²) in [5.74, 6) is 0.649. The number of nitrogens with one attached hydrogen (secondary N) is 1. The lowest BCUT2D eigenvalue weighted by Crippen LogP contribution is -2.27. The Kier molecular flexibility index (Phi) is 6.31. The molecule has 1 heterocycles. The smallest absolute Gasteiger partial charge is 0.287 e. The number of halogens is 1. The van der Waals surface area contributed by atoms with Crippen molar-refractivity contribution in [1.29, 1.82) is 0 Å². The zero-order valence-electron chi connectivity index (χ0n) is 11.7. The highest BCUT2D eigenvalue weighted by molar-refractivity contribution is 6.32. The van der Waals surface area contributed by atoms with Gasteiger partial charge in [-0.15, -0.1) is 0 Å². The first-order valence-corrected chi connectivity index (χ1v) is 6.96. The van der Waals surface area contributed by atoms with Crippen LogP contribution in [0.2, 0.25) is 5.02 Å². The molecule has 0 radical (unpaired) electrons. The van der Waals surface area contributed by atoms with Crippen molar-refractivity contribution in [3.05, 3.63) is 21.6 Å². The highest BCUT2D eigenvalue weighted by Crippen LogP contribution is 2.18. The molecular weight excluding hydrogens is 266 g/mol. The van der Waals surface area contributed by atoms with Crippen LogP contribution in [0.15, 0.2) is 11.0 Å². The lowest BCUT2D eigenvalue weighted by atomic mass is 10.0. The van der Waals surface area contributed by atoms with Gasteiger partial charge in [0.2, 0.25) is 0 Å². The molecule has 0 aliphatic carbocycles. The Bertz CT molecular complexity index is 460. The van der Waals surface area contributed by atoms with E-state index >= 15 is 0 Å². The topological polar surface area (TPSA) is 67.2 Å². The molecule has 0 saturated carbocycles. The average Bonchev–Trinajstić information content (AvgIpc) is 2.36. The maximum Gasteiger partial charge on any atom is 0.287 e. The van der Waals surface area contributed by atoms with E-state index in [-0.39, 0.29) is 29.8 Å². The molecule has 1 atom stereocenters. The maximum atomic E-state index is 11.8. The Morgan fingerprint density at radius 2 is 2.11 bits per heavy atom. The van der Waals surface area contributed by atoms with Crippen LogP contribution in [0.4, 0.5) is 5.69 Å². The SMILES string of the molecule is CC(C)CCC(C)Nc1cnn(CCO)c(=O)c1Cl.